The summed E-state index contributed by atoms with van der Waals surface area (Å²) in [4.78, 5) is 3.71. The van der Waals surface area contributed by atoms with E-state index in [9.17, 15) is 8.78 Å². The zero-order chi connectivity index (χ0) is 10.7. The highest BCUT2D eigenvalue weighted by molar-refractivity contribution is 9.08. The largest absolute Gasteiger partial charge is 0.266 e. The second kappa shape index (κ2) is 4.67. The minimum absolute atomic E-state index is 0.0420. The molecule has 0 aromatic carbocycles. The molecule has 0 saturated heterocycles. The van der Waals surface area contributed by atoms with E-state index in [1.807, 2.05) is 0 Å². The Morgan fingerprint density at radius 3 is 2.71 bits per heavy atom. The fourth-order valence-corrected chi connectivity index (χ4v) is 1.65. The lowest BCUT2D eigenvalue weighted by Crippen LogP contribution is -2.00. The van der Waals surface area contributed by atoms with E-state index in [4.69, 9.17) is 16.9 Å². The Hall–Kier alpha value is -0.730. The van der Waals surface area contributed by atoms with Gasteiger partial charge in [0.05, 0.1) is 22.9 Å². The molecule has 1 rings (SSSR count). The summed E-state index contributed by atoms with van der Waals surface area (Å²) in [6.07, 6.45) is -2.72. The van der Waals surface area contributed by atoms with E-state index in [1.54, 1.807) is 6.07 Å². The van der Waals surface area contributed by atoms with Crippen LogP contribution in [-0.2, 0) is 5.33 Å². The Morgan fingerprint density at radius 1 is 1.64 bits per heavy atom. The molecule has 0 aliphatic rings. The number of nitrogens with zero attached hydrogens (tertiary/aromatic N) is 2. The lowest BCUT2D eigenvalue weighted by molar-refractivity contribution is 0.149. The highest BCUT2D eigenvalue weighted by atomic mass is 79.9. The molecule has 0 spiro atoms. The summed E-state index contributed by atoms with van der Waals surface area (Å²) < 4.78 is 25.1. The van der Waals surface area contributed by atoms with Crippen molar-refractivity contribution in [3.63, 3.8) is 0 Å². The molecule has 1 heterocycles. The van der Waals surface area contributed by atoms with Gasteiger partial charge in [0.25, 0.3) is 6.43 Å². The van der Waals surface area contributed by atoms with E-state index in [0.29, 0.717) is 0 Å². The maximum atomic E-state index is 12.5. The number of hydrogen-bond donors (Lipinski definition) is 0. The molecule has 74 valence electrons. The monoisotopic (exact) mass is 280 g/mol. The molecule has 6 heteroatoms. The first-order valence-corrected chi connectivity index (χ1v) is 5.03. The predicted molar refractivity (Wildman–Crippen MR) is 51.6 cm³/mol. The number of nitriles is 1. The van der Waals surface area contributed by atoms with Crippen LogP contribution in [-0.4, -0.2) is 4.98 Å². The summed E-state index contributed by atoms with van der Waals surface area (Å²) in [6, 6.07) is 2.80. The fourth-order valence-electron chi connectivity index (χ4n) is 1.01. The number of hydrogen-bond acceptors (Lipinski definition) is 2. The van der Waals surface area contributed by atoms with Crippen molar-refractivity contribution in [2.45, 2.75) is 11.8 Å². The van der Waals surface area contributed by atoms with E-state index in [-0.39, 0.29) is 27.3 Å². The van der Waals surface area contributed by atoms with Crippen LogP contribution >= 0.6 is 27.5 Å². The van der Waals surface area contributed by atoms with Gasteiger partial charge in [-0.25, -0.2) is 13.8 Å². The quantitative estimate of drug-likeness (QED) is 0.615. The molecule has 0 N–H and O–H groups in total. The van der Waals surface area contributed by atoms with Gasteiger partial charge >= 0.3 is 0 Å². The molecule has 0 aliphatic heterocycles. The highest BCUT2D eigenvalue weighted by Crippen LogP contribution is 2.28. The van der Waals surface area contributed by atoms with Crippen molar-refractivity contribution in [3.05, 3.63) is 28.0 Å². The van der Waals surface area contributed by atoms with Gasteiger partial charge in [-0.3, -0.25) is 0 Å². The van der Waals surface area contributed by atoms with Crippen LogP contribution in [0.4, 0.5) is 8.78 Å². The maximum Gasteiger partial charge on any atom is 0.266 e. The van der Waals surface area contributed by atoms with Crippen LogP contribution in [0.3, 0.4) is 0 Å². The van der Waals surface area contributed by atoms with Crippen LogP contribution in [0.1, 0.15) is 23.2 Å². The summed E-state index contributed by atoms with van der Waals surface area (Å²) in [5.74, 6) is 0. The smallest absolute Gasteiger partial charge is 0.240 e. The Kier molecular flexibility index (Phi) is 3.78. The average molecular weight is 281 g/mol. The third-order valence-electron chi connectivity index (χ3n) is 1.57. The molecule has 1 aromatic heterocycles. The van der Waals surface area contributed by atoms with Gasteiger partial charge in [-0.15, -0.1) is 0 Å². The van der Waals surface area contributed by atoms with Crippen molar-refractivity contribution >= 4 is 27.5 Å². The summed E-state index contributed by atoms with van der Waals surface area (Å²) in [7, 11) is 0. The van der Waals surface area contributed by atoms with E-state index in [0.717, 1.165) is 6.07 Å². The standard InChI is InChI=1S/C8H4BrClF2N2/c9-2-5-7(8(11)12)4(3-13)1-6(10)14-5/h1,8H,2H2. The second-order valence-electron chi connectivity index (χ2n) is 2.40. The number of aromatic nitrogens is 1. The topological polar surface area (TPSA) is 36.7 Å². The molecule has 0 bridgehead atoms. The van der Waals surface area contributed by atoms with Crippen LogP contribution in [0.15, 0.2) is 6.07 Å². The molecule has 2 nitrogen and oxygen atoms in total. The molecular formula is C8H4BrClF2N2. The van der Waals surface area contributed by atoms with Gasteiger partial charge in [-0.1, -0.05) is 27.5 Å². The fraction of sp³-hybridized carbons (Fsp3) is 0.250. The van der Waals surface area contributed by atoms with Gasteiger partial charge in [-0.2, -0.15) is 5.26 Å². The predicted octanol–water partition coefficient (Wildman–Crippen LogP) is 3.44. The normalized spacial score (nSPS) is 10.3. The molecular weight excluding hydrogens is 277 g/mol. The SMILES string of the molecule is N#Cc1cc(Cl)nc(CBr)c1C(F)F. The first-order chi connectivity index (χ1) is 6.60. The lowest BCUT2D eigenvalue weighted by atomic mass is 10.1. The van der Waals surface area contributed by atoms with Crippen molar-refractivity contribution in [1.82, 2.24) is 4.98 Å². The molecule has 0 unspecified atom stereocenters. The van der Waals surface area contributed by atoms with Gasteiger partial charge in [-0.05, 0) is 6.07 Å². The summed E-state index contributed by atoms with van der Waals surface area (Å²) in [6.45, 7) is 0. The van der Waals surface area contributed by atoms with Crippen LogP contribution in [0, 0.1) is 11.3 Å². The Balaban J connectivity index is 3.42. The third kappa shape index (κ3) is 2.20. The van der Waals surface area contributed by atoms with Gasteiger partial charge in [0.1, 0.15) is 5.15 Å². The van der Waals surface area contributed by atoms with Crippen LogP contribution in [0.2, 0.25) is 5.15 Å². The van der Waals surface area contributed by atoms with Crippen LogP contribution < -0.4 is 0 Å². The highest BCUT2D eigenvalue weighted by Gasteiger charge is 2.19. The summed E-state index contributed by atoms with van der Waals surface area (Å²) in [5.41, 5.74) is -0.382. The van der Waals surface area contributed by atoms with E-state index < -0.39 is 6.43 Å². The Morgan fingerprint density at radius 2 is 2.29 bits per heavy atom. The molecule has 0 radical (unpaired) electrons. The minimum Gasteiger partial charge on any atom is -0.240 e. The first kappa shape index (κ1) is 11.3. The third-order valence-corrected chi connectivity index (χ3v) is 2.30. The minimum atomic E-state index is -2.72. The molecule has 0 saturated carbocycles. The first-order valence-electron chi connectivity index (χ1n) is 3.53. The lowest BCUT2D eigenvalue weighted by Gasteiger charge is -2.07. The average Bonchev–Trinajstić information content (AvgIpc) is 2.15. The number of alkyl halides is 3. The van der Waals surface area contributed by atoms with E-state index in [2.05, 4.69) is 20.9 Å². The van der Waals surface area contributed by atoms with Crippen LogP contribution in [0.25, 0.3) is 0 Å². The molecule has 14 heavy (non-hydrogen) atoms. The van der Waals surface area contributed by atoms with Crippen molar-refractivity contribution in [2.24, 2.45) is 0 Å². The number of rotatable bonds is 2. The second-order valence-corrected chi connectivity index (χ2v) is 3.35. The maximum absolute atomic E-state index is 12.5. The molecule has 0 aliphatic carbocycles. The zero-order valence-corrected chi connectivity index (χ0v) is 9.11. The van der Waals surface area contributed by atoms with Crippen molar-refractivity contribution in [1.29, 1.82) is 5.26 Å². The summed E-state index contributed by atoms with van der Waals surface area (Å²) in [5, 5.41) is 8.81. The molecule has 1 aromatic rings. The van der Waals surface area contributed by atoms with Gasteiger partial charge in [0.15, 0.2) is 0 Å². The van der Waals surface area contributed by atoms with Crippen LogP contribution in [0.5, 0.6) is 0 Å². The summed E-state index contributed by atoms with van der Waals surface area (Å²) >= 11 is 8.57. The Bertz CT molecular complexity index is 390. The van der Waals surface area contributed by atoms with E-state index >= 15 is 0 Å². The van der Waals surface area contributed by atoms with Crippen molar-refractivity contribution in [2.75, 3.05) is 0 Å². The molecule has 0 amide bonds. The number of halogens is 4. The molecule has 0 fully saturated rings. The Labute approximate surface area is 92.6 Å². The van der Waals surface area contributed by atoms with Crippen molar-refractivity contribution < 1.29 is 8.78 Å². The van der Waals surface area contributed by atoms with E-state index in [1.165, 1.54) is 0 Å². The molecule has 0 atom stereocenters. The van der Waals surface area contributed by atoms with Gasteiger partial charge in [0, 0.05) is 5.33 Å². The van der Waals surface area contributed by atoms with Crippen molar-refractivity contribution in [3.8, 4) is 6.07 Å². The number of pyridine rings is 1. The van der Waals surface area contributed by atoms with Gasteiger partial charge in [0.2, 0.25) is 0 Å². The zero-order valence-electron chi connectivity index (χ0n) is 6.77. The van der Waals surface area contributed by atoms with Gasteiger partial charge < -0.3 is 0 Å².